The molecule has 3 fully saturated rings. The molecule has 3 rings (SSSR count). The molecule has 1 unspecified atom stereocenters. The van der Waals surface area contributed by atoms with Gasteiger partial charge in [0.2, 0.25) is 0 Å². The molecule has 0 radical (unpaired) electrons. The van der Waals surface area contributed by atoms with Crippen LogP contribution in [0.25, 0.3) is 0 Å². The van der Waals surface area contributed by atoms with Crippen molar-refractivity contribution in [2.45, 2.75) is 61.2 Å². The van der Waals surface area contributed by atoms with Gasteiger partial charge in [-0.15, -0.1) is 0 Å². The highest BCUT2D eigenvalue weighted by atomic mass is 16.6. The predicted octanol–water partition coefficient (Wildman–Crippen LogP) is -5.74. The van der Waals surface area contributed by atoms with Crippen LogP contribution in [-0.2, 0) is 9.47 Å². The Morgan fingerprint density at radius 1 is 0.880 bits per heavy atom. The average molecular weight is 366 g/mol. The van der Waals surface area contributed by atoms with Crippen molar-refractivity contribution in [3.8, 4) is 0 Å². The fraction of sp³-hybridized carbons (Fsp3) is 0.923. The monoisotopic (exact) mass is 366 g/mol. The lowest BCUT2D eigenvalue weighted by Gasteiger charge is -2.43. The molecule has 0 aromatic carbocycles. The lowest BCUT2D eigenvalue weighted by Crippen LogP contribution is -2.66. The molecule has 0 amide bonds. The molecule has 0 spiro atoms. The molecule has 3 aliphatic rings. The first-order valence-corrected chi connectivity index (χ1v) is 7.79. The summed E-state index contributed by atoms with van der Waals surface area (Å²) in [6.45, 7) is -0.788. The Morgan fingerprint density at radius 3 is 2.16 bits per heavy atom. The van der Waals surface area contributed by atoms with Crippen LogP contribution in [-0.4, -0.2) is 126 Å². The lowest BCUT2D eigenvalue weighted by molar-refractivity contribution is -0.227. The molecular formula is C13H22N2O10. The number of aliphatic hydroxyl groups excluding tert-OH is 8. The maximum atomic E-state index is 10.1. The molecule has 12 nitrogen and oxygen atoms in total. The van der Waals surface area contributed by atoms with Crippen molar-refractivity contribution in [2.24, 2.45) is 4.99 Å². The van der Waals surface area contributed by atoms with Crippen molar-refractivity contribution >= 4 is 6.02 Å². The van der Waals surface area contributed by atoms with Gasteiger partial charge >= 0.3 is 0 Å². The van der Waals surface area contributed by atoms with Gasteiger partial charge in [0.05, 0.1) is 12.6 Å². The second-order valence-corrected chi connectivity index (χ2v) is 6.30. The number of hydrogen-bond donors (Lipinski definition) is 8. The van der Waals surface area contributed by atoms with Gasteiger partial charge in [0, 0.05) is 0 Å². The molecule has 3 aliphatic heterocycles. The summed E-state index contributed by atoms with van der Waals surface area (Å²) in [5, 5.41) is 78.3. The van der Waals surface area contributed by atoms with Crippen molar-refractivity contribution in [1.82, 2.24) is 4.90 Å². The van der Waals surface area contributed by atoms with Gasteiger partial charge in [0.15, 0.2) is 12.5 Å². The molecule has 0 aromatic rings. The summed E-state index contributed by atoms with van der Waals surface area (Å²) in [6, 6.07) is -1.18. The number of amidine groups is 1. The number of ether oxygens (including phenoxy) is 2. The Hall–Kier alpha value is -1.09. The molecule has 0 bridgehead atoms. The van der Waals surface area contributed by atoms with Crippen molar-refractivity contribution in [1.29, 1.82) is 0 Å². The number of fused-ring (bicyclic) bond motifs is 1. The van der Waals surface area contributed by atoms with E-state index in [4.69, 9.17) is 9.47 Å². The van der Waals surface area contributed by atoms with E-state index in [1.54, 1.807) is 0 Å². The van der Waals surface area contributed by atoms with E-state index in [0.29, 0.717) is 0 Å². The number of hydrogen-bond acceptors (Lipinski definition) is 11. The fourth-order valence-corrected chi connectivity index (χ4v) is 3.20. The Kier molecular flexibility index (Phi) is 5.16. The normalized spacial score (nSPS) is 52.2. The van der Waals surface area contributed by atoms with Crippen LogP contribution in [0.1, 0.15) is 0 Å². The standard InChI is InChI=1S/C13H22N2O10/c16-1-4-6(18)8(20)9(21)11(25-4)14-13-15-3(2-24-13)5(17)7(19)10(22)12(15)23/h3-12,16-23H,1-2H2/b14-13+/t3?,4-,5-,6-,7+,8+,9-,10-,11-,12-/m1/s1. The summed E-state index contributed by atoms with van der Waals surface area (Å²) in [5.41, 5.74) is 0. The first kappa shape index (κ1) is 18.7. The second-order valence-electron chi connectivity index (χ2n) is 6.30. The van der Waals surface area contributed by atoms with Gasteiger partial charge in [-0.3, -0.25) is 4.90 Å². The summed E-state index contributed by atoms with van der Waals surface area (Å²) >= 11 is 0. The minimum Gasteiger partial charge on any atom is -0.463 e. The van der Waals surface area contributed by atoms with Gasteiger partial charge in [0.1, 0.15) is 49.3 Å². The van der Waals surface area contributed by atoms with Crippen LogP contribution in [0.15, 0.2) is 4.99 Å². The molecule has 144 valence electrons. The van der Waals surface area contributed by atoms with Crippen LogP contribution in [0.2, 0.25) is 0 Å². The lowest BCUT2D eigenvalue weighted by atomic mass is 9.94. The van der Waals surface area contributed by atoms with Crippen LogP contribution < -0.4 is 0 Å². The van der Waals surface area contributed by atoms with E-state index in [9.17, 15) is 40.9 Å². The number of rotatable bonds is 2. The van der Waals surface area contributed by atoms with Gasteiger partial charge in [-0.1, -0.05) is 0 Å². The van der Waals surface area contributed by atoms with Crippen molar-refractivity contribution in [3.63, 3.8) is 0 Å². The van der Waals surface area contributed by atoms with Gasteiger partial charge in [-0.05, 0) is 0 Å². The van der Waals surface area contributed by atoms with Crippen LogP contribution in [0.3, 0.4) is 0 Å². The predicted molar refractivity (Wildman–Crippen MR) is 76.8 cm³/mol. The zero-order chi connectivity index (χ0) is 18.5. The second kappa shape index (κ2) is 6.90. The summed E-state index contributed by atoms with van der Waals surface area (Å²) in [6.07, 6.45) is -13.7. The minimum atomic E-state index is -1.69. The van der Waals surface area contributed by atoms with Gasteiger partial charge in [0.25, 0.3) is 6.02 Å². The Labute approximate surface area is 141 Å². The van der Waals surface area contributed by atoms with Crippen LogP contribution in [0.4, 0.5) is 0 Å². The Morgan fingerprint density at radius 2 is 1.52 bits per heavy atom. The van der Waals surface area contributed by atoms with Crippen LogP contribution >= 0.6 is 0 Å². The third kappa shape index (κ3) is 2.99. The van der Waals surface area contributed by atoms with E-state index < -0.39 is 67.8 Å². The number of piperidine rings is 1. The van der Waals surface area contributed by atoms with Crippen LogP contribution in [0.5, 0.6) is 0 Å². The molecule has 0 saturated carbocycles. The number of aliphatic imine (C=N–C) groups is 1. The SMILES string of the molecule is OC[C@H]1O[C@@H](/N=C2/OCC3[C@@H](O)[C@H](O)[C@@H](O)[C@@H](O)N23)[C@H](O)[C@@H](O)[C@@H]1O. The Bertz CT molecular complexity index is 519. The smallest absolute Gasteiger partial charge is 0.292 e. The molecule has 12 heteroatoms. The summed E-state index contributed by atoms with van der Waals surface area (Å²) in [4.78, 5) is 4.96. The van der Waals surface area contributed by atoms with Crippen LogP contribution in [0, 0.1) is 0 Å². The highest BCUT2D eigenvalue weighted by molar-refractivity contribution is 5.77. The van der Waals surface area contributed by atoms with Gasteiger partial charge in [-0.25, -0.2) is 4.99 Å². The first-order chi connectivity index (χ1) is 11.8. The molecular weight excluding hydrogens is 344 g/mol. The molecule has 3 saturated heterocycles. The van der Waals surface area contributed by atoms with Crippen molar-refractivity contribution < 1.29 is 50.3 Å². The van der Waals surface area contributed by atoms with E-state index in [0.717, 1.165) is 4.90 Å². The fourth-order valence-electron chi connectivity index (χ4n) is 3.20. The third-order valence-corrected chi connectivity index (χ3v) is 4.75. The van der Waals surface area contributed by atoms with E-state index in [2.05, 4.69) is 4.99 Å². The summed E-state index contributed by atoms with van der Waals surface area (Å²) in [5.74, 6) is 0. The molecule has 0 aromatic heterocycles. The van der Waals surface area contributed by atoms with Gasteiger partial charge in [-0.2, -0.15) is 0 Å². The third-order valence-electron chi connectivity index (χ3n) is 4.75. The quantitative estimate of drug-likeness (QED) is 0.232. The highest BCUT2D eigenvalue weighted by Crippen LogP contribution is 2.30. The maximum absolute atomic E-state index is 10.1. The van der Waals surface area contributed by atoms with E-state index in [-0.39, 0.29) is 12.6 Å². The largest absolute Gasteiger partial charge is 0.463 e. The van der Waals surface area contributed by atoms with E-state index >= 15 is 0 Å². The molecule has 25 heavy (non-hydrogen) atoms. The minimum absolute atomic E-state index is 0.155. The molecule has 3 heterocycles. The zero-order valence-corrected chi connectivity index (χ0v) is 13.0. The van der Waals surface area contributed by atoms with E-state index in [1.807, 2.05) is 0 Å². The van der Waals surface area contributed by atoms with Crippen molar-refractivity contribution in [3.05, 3.63) is 0 Å². The summed E-state index contributed by atoms with van der Waals surface area (Å²) in [7, 11) is 0. The number of nitrogens with zero attached hydrogens (tertiary/aromatic N) is 2. The average Bonchev–Trinajstić information content (AvgIpc) is 3.02. The topological polar surface area (TPSA) is 196 Å². The zero-order valence-electron chi connectivity index (χ0n) is 13.0. The Balaban J connectivity index is 1.84. The number of aliphatic hydroxyl groups is 8. The highest BCUT2D eigenvalue weighted by Gasteiger charge is 2.53. The van der Waals surface area contributed by atoms with Gasteiger partial charge < -0.3 is 50.3 Å². The van der Waals surface area contributed by atoms with Crippen molar-refractivity contribution in [2.75, 3.05) is 13.2 Å². The molecule has 8 N–H and O–H groups in total. The maximum Gasteiger partial charge on any atom is 0.292 e. The molecule has 10 atom stereocenters. The molecule has 0 aliphatic carbocycles. The first-order valence-electron chi connectivity index (χ1n) is 7.79. The summed E-state index contributed by atoms with van der Waals surface area (Å²) < 4.78 is 10.5. The van der Waals surface area contributed by atoms with E-state index in [1.165, 1.54) is 0 Å².